The molecule has 0 saturated carbocycles. The van der Waals surface area contributed by atoms with Crippen LogP contribution in [0.4, 0.5) is 0 Å². The first kappa shape index (κ1) is 13.1. The van der Waals surface area contributed by atoms with Crippen molar-refractivity contribution in [3.8, 4) is 0 Å². The molecule has 1 fully saturated rings. The second-order valence-electron chi connectivity index (χ2n) is 3.34. The van der Waals surface area contributed by atoms with Crippen LogP contribution in [-0.4, -0.2) is 63.7 Å². The lowest BCUT2D eigenvalue weighted by molar-refractivity contribution is -0.190. The fourth-order valence-electron chi connectivity index (χ4n) is 1.35. The molecule has 0 amide bonds. The second kappa shape index (κ2) is 5.37. The van der Waals surface area contributed by atoms with Gasteiger partial charge in [-0.3, -0.25) is 0 Å². The van der Waals surface area contributed by atoms with Gasteiger partial charge in [0.25, 0.3) is 0 Å². The smallest absolute Gasteiger partial charge is 0.332 e. The van der Waals surface area contributed by atoms with Gasteiger partial charge in [0.2, 0.25) is 6.29 Å². The number of ether oxygens (including phenoxy) is 2. The average molecular weight is 234 g/mol. The lowest BCUT2D eigenvalue weighted by Crippen LogP contribution is -2.40. The summed E-state index contributed by atoms with van der Waals surface area (Å²) < 4.78 is 9.50. The Bertz CT molecular complexity index is 267. The summed E-state index contributed by atoms with van der Waals surface area (Å²) in [5.41, 5.74) is 0. The van der Waals surface area contributed by atoms with Gasteiger partial charge in [-0.05, 0) is 0 Å². The molecule has 0 radical (unpaired) electrons. The van der Waals surface area contributed by atoms with E-state index in [4.69, 9.17) is 9.84 Å². The van der Waals surface area contributed by atoms with Crippen LogP contribution in [-0.2, 0) is 14.3 Å². The van der Waals surface area contributed by atoms with E-state index in [2.05, 4.69) is 11.3 Å². The van der Waals surface area contributed by atoms with Crippen molar-refractivity contribution in [2.75, 3.05) is 6.61 Å². The molecule has 1 saturated heterocycles. The van der Waals surface area contributed by atoms with Crippen molar-refractivity contribution in [1.82, 2.24) is 0 Å². The Morgan fingerprint density at radius 2 is 2.12 bits per heavy atom. The van der Waals surface area contributed by atoms with Gasteiger partial charge in [-0.1, -0.05) is 6.58 Å². The molecule has 1 heterocycles. The van der Waals surface area contributed by atoms with E-state index in [0.29, 0.717) is 0 Å². The SMILES string of the molecule is C=CC(=O)OC1O[C@H]([C@H](O)CO)[C@H](O)[C@@H]1O. The van der Waals surface area contributed by atoms with E-state index in [0.717, 1.165) is 6.08 Å². The molecule has 1 rings (SSSR count). The van der Waals surface area contributed by atoms with Crippen molar-refractivity contribution in [3.05, 3.63) is 12.7 Å². The number of hydrogen-bond donors (Lipinski definition) is 4. The molecule has 1 aliphatic rings. The lowest BCUT2D eigenvalue weighted by Gasteiger charge is -2.18. The van der Waals surface area contributed by atoms with Crippen LogP contribution in [0.15, 0.2) is 12.7 Å². The highest BCUT2D eigenvalue weighted by atomic mass is 16.7. The highest BCUT2D eigenvalue weighted by Gasteiger charge is 2.47. The van der Waals surface area contributed by atoms with Gasteiger partial charge in [-0.15, -0.1) is 0 Å². The van der Waals surface area contributed by atoms with Gasteiger partial charge in [-0.25, -0.2) is 4.79 Å². The Hall–Kier alpha value is -0.990. The van der Waals surface area contributed by atoms with Gasteiger partial charge >= 0.3 is 5.97 Å². The Labute approximate surface area is 91.5 Å². The highest BCUT2D eigenvalue weighted by molar-refractivity contribution is 5.81. The Morgan fingerprint density at radius 1 is 1.50 bits per heavy atom. The largest absolute Gasteiger partial charge is 0.430 e. The third-order valence-corrected chi connectivity index (χ3v) is 2.22. The third-order valence-electron chi connectivity index (χ3n) is 2.22. The standard InChI is InChI=1S/C9H14O7/c1-2-5(12)15-9-7(14)6(13)8(16-9)4(11)3-10/h2,4,6-11,13-14H,1,3H2/t4-,6-,7+,8-,9?/m1/s1. The minimum Gasteiger partial charge on any atom is -0.430 e. The quantitative estimate of drug-likeness (QED) is 0.314. The van der Waals surface area contributed by atoms with Crippen molar-refractivity contribution >= 4 is 5.97 Å². The van der Waals surface area contributed by atoms with Gasteiger partial charge in [0.05, 0.1) is 6.61 Å². The summed E-state index contributed by atoms with van der Waals surface area (Å²) in [6.07, 6.45) is -6.00. The van der Waals surface area contributed by atoms with E-state index in [1.807, 2.05) is 0 Å². The average Bonchev–Trinajstić information content (AvgIpc) is 2.56. The van der Waals surface area contributed by atoms with Crippen LogP contribution in [0.1, 0.15) is 0 Å². The van der Waals surface area contributed by atoms with Crippen LogP contribution in [0.25, 0.3) is 0 Å². The molecule has 0 aromatic rings. The molecule has 1 aliphatic heterocycles. The molecule has 92 valence electrons. The van der Waals surface area contributed by atoms with Gasteiger partial charge in [0.15, 0.2) is 0 Å². The van der Waals surface area contributed by atoms with E-state index in [1.165, 1.54) is 0 Å². The molecule has 0 spiro atoms. The maximum Gasteiger partial charge on any atom is 0.332 e. The maximum atomic E-state index is 10.8. The molecule has 0 aliphatic carbocycles. The zero-order valence-corrected chi connectivity index (χ0v) is 8.39. The van der Waals surface area contributed by atoms with E-state index < -0.39 is 43.3 Å². The zero-order valence-electron chi connectivity index (χ0n) is 8.39. The predicted molar refractivity (Wildman–Crippen MR) is 50.1 cm³/mol. The Kier molecular flexibility index (Phi) is 4.39. The summed E-state index contributed by atoms with van der Waals surface area (Å²) in [4.78, 5) is 10.8. The maximum absolute atomic E-state index is 10.8. The summed E-state index contributed by atoms with van der Waals surface area (Å²) >= 11 is 0. The van der Waals surface area contributed by atoms with Gasteiger partial charge < -0.3 is 29.9 Å². The second-order valence-corrected chi connectivity index (χ2v) is 3.34. The number of carbonyl (C=O) groups is 1. The molecule has 7 heteroatoms. The molecule has 16 heavy (non-hydrogen) atoms. The Morgan fingerprint density at radius 3 is 2.62 bits per heavy atom. The summed E-state index contributed by atoms with van der Waals surface area (Å²) in [6, 6.07) is 0. The number of esters is 1. The normalized spacial score (nSPS) is 35.8. The van der Waals surface area contributed by atoms with Crippen LogP contribution < -0.4 is 0 Å². The number of hydrogen-bond acceptors (Lipinski definition) is 7. The lowest BCUT2D eigenvalue weighted by atomic mass is 10.1. The van der Waals surface area contributed by atoms with E-state index in [9.17, 15) is 20.1 Å². The first-order chi connectivity index (χ1) is 7.51. The van der Waals surface area contributed by atoms with Crippen molar-refractivity contribution < 1.29 is 34.7 Å². The van der Waals surface area contributed by atoms with Crippen molar-refractivity contribution in [3.63, 3.8) is 0 Å². The predicted octanol–water partition coefficient (Wildman–Crippen LogP) is -2.48. The van der Waals surface area contributed by atoms with Crippen LogP contribution in [0, 0.1) is 0 Å². The van der Waals surface area contributed by atoms with Crippen LogP contribution >= 0.6 is 0 Å². The third kappa shape index (κ3) is 2.57. The molecule has 0 bridgehead atoms. The number of aliphatic hydroxyl groups excluding tert-OH is 4. The minimum absolute atomic E-state index is 0.642. The van der Waals surface area contributed by atoms with Crippen LogP contribution in [0.2, 0.25) is 0 Å². The van der Waals surface area contributed by atoms with E-state index in [1.54, 1.807) is 0 Å². The highest BCUT2D eigenvalue weighted by Crippen LogP contribution is 2.24. The number of rotatable bonds is 4. The molecular formula is C9H14O7. The fourth-order valence-corrected chi connectivity index (χ4v) is 1.35. The van der Waals surface area contributed by atoms with E-state index >= 15 is 0 Å². The van der Waals surface area contributed by atoms with Gasteiger partial charge in [-0.2, -0.15) is 0 Å². The van der Waals surface area contributed by atoms with Crippen LogP contribution in [0.5, 0.6) is 0 Å². The monoisotopic (exact) mass is 234 g/mol. The zero-order chi connectivity index (χ0) is 12.3. The van der Waals surface area contributed by atoms with Gasteiger partial charge in [0, 0.05) is 6.08 Å². The molecule has 7 nitrogen and oxygen atoms in total. The first-order valence-electron chi connectivity index (χ1n) is 4.64. The molecule has 1 unspecified atom stereocenters. The summed E-state index contributed by atoms with van der Waals surface area (Å²) in [7, 11) is 0. The van der Waals surface area contributed by atoms with Crippen molar-refractivity contribution in [1.29, 1.82) is 0 Å². The topological polar surface area (TPSA) is 116 Å². The number of aliphatic hydroxyl groups is 4. The van der Waals surface area contributed by atoms with Crippen molar-refractivity contribution in [2.24, 2.45) is 0 Å². The minimum atomic E-state index is -1.48. The summed E-state index contributed by atoms with van der Waals surface area (Å²) in [6.45, 7) is 2.51. The molecule has 0 aromatic carbocycles. The Balaban J connectivity index is 2.64. The van der Waals surface area contributed by atoms with Crippen molar-refractivity contribution in [2.45, 2.75) is 30.7 Å². The molecule has 4 N–H and O–H groups in total. The van der Waals surface area contributed by atoms with Gasteiger partial charge in [0.1, 0.15) is 24.4 Å². The summed E-state index contributed by atoms with van der Waals surface area (Å²) in [5, 5.41) is 36.8. The summed E-state index contributed by atoms with van der Waals surface area (Å²) in [5.74, 6) is -0.824. The molecule has 5 atom stereocenters. The molecule has 0 aromatic heterocycles. The fraction of sp³-hybridized carbons (Fsp3) is 0.667. The molecular weight excluding hydrogens is 220 g/mol. The van der Waals surface area contributed by atoms with Crippen LogP contribution in [0.3, 0.4) is 0 Å². The van der Waals surface area contributed by atoms with E-state index in [-0.39, 0.29) is 0 Å². The number of carbonyl (C=O) groups excluding carboxylic acids is 1. The first-order valence-corrected chi connectivity index (χ1v) is 4.64.